The first-order valence-corrected chi connectivity index (χ1v) is 6.94. The van der Waals surface area contributed by atoms with Crippen molar-refractivity contribution in [2.45, 2.75) is 12.5 Å². The molecule has 0 spiro atoms. The zero-order valence-electron chi connectivity index (χ0n) is 9.62. The summed E-state index contributed by atoms with van der Waals surface area (Å²) in [5.74, 6) is -0.442. The van der Waals surface area contributed by atoms with Gasteiger partial charge >= 0.3 is 0 Å². The highest BCUT2D eigenvalue weighted by Gasteiger charge is 2.29. The first-order valence-electron chi connectivity index (χ1n) is 5.36. The number of aliphatic hydroxyl groups is 1. The quantitative estimate of drug-likeness (QED) is 0.815. The van der Waals surface area contributed by atoms with Crippen molar-refractivity contribution in [1.29, 1.82) is 0 Å². The van der Waals surface area contributed by atoms with E-state index in [1.165, 1.54) is 0 Å². The van der Waals surface area contributed by atoms with Gasteiger partial charge in [0.25, 0.3) is 0 Å². The van der Waals surface area contributed by atoms with Crippen molar-refractivity contribution < 1.29 is 9.50 Å². The molecule has 1 N–H and O–H groups in total. The van der Waals surface area contributed by atoms with Crippen LogP contribution in [0, 0.1) is 5.82 Å². The molecule has 2 aromatic rings. The van der Waals surface area contributed by atoms with Gasteiger partial charge in [-0.1, -0.05) is 40.2 Å². The number of halogens is 3. The molecule has 0 aliphatic heterocycles. The van der Waals surface area contributed by atoms with E-state index >= 15 is 0 Å². The van der Waals surface area contributed by atoms with Crippen LogP contribution in [0.25, 0.3) is 0 Å². The number of rotatable bonds is 2. The van der Waals surface area contributed by atoms with Crippen LogP contribution in [0.1, 0.15) is 18.1 Å². The number of hydrogen-bond acceptors (Lipinski definition) is 1. The molecule has 1 atom stereocenters. The van der Waals surface area contributed by atoms with Crippen LogP contribution in [0.5, 0.6) is 0 Å². The highest BCUT2D eigenvalue weighted by molar-refractivity contribution is 9.10. The lowest BCUT2D eigenvalue weighted by atomic mass is 9.88. The van der Waals surface area contributed by atoms with Gasteiger partial charge in [-0.3, -0.25) is 0 Å². The number of benzene rings is 2. The fourth-order valence-corrected chi connectivity index (χ4v) is 2.59. The first-order chi connectivity index (χ1) is 8.43. The van der Waals surface area contributed by atoms with E-state index in [-0.39, 0.29) is 5.56 Å². The molecule has 1 unspecified atom stereocenters. The molecule has 0 aromatic heterocycles. The Labute approximate surface area is 122 Å². The molecule has 0 saturated heterocycles. The van der Waals surface area contributed by atoms with Crippen LogP contribution in [0.15, 0.2) is 51.4 Å². The molecular formula is C14H11Br2FO. The van der Waals surface area contributed by atoms with Crippen LogP contribution < -0.4 is 0 Å². The zero-order chi connectivity index (χ0) is 13.3. The third kappa shape index (κ3) is 2.51. The summed E-state index contributed by atoms with van der Waals surface area (Å²) in [6, 6.07) is 12.1. The van der Waals surface area contributed by atoms with Crippen LogP contribution >= 0.6 is 31.9 Å². The maximum Gasteiger partial charge on any atom is 0.143 e. The second kappa shape index (κ2) is 5.11. The predicted octanol–water partition coefficient (Wildman–Crippen LogP) is 4.61. The normalized spacial score (nSPS) is 14.3. The summed E-state index contributed by atoms with van der Waals surface area (Å²) in [4.78, 5) is 0. The largest absolute Gasteiger partial charge is 0.381 e. The van der Waals surface area contributed by atoms with Gasteiger partial charge in [0.15, 0.2) is 0 Å². The van der Waals surface area contributed by atoms with E-state index in [0.717, 1.165) is 4.47 Å². The molecule has 18 heavy (non-hydrogen) atoms. The fourth-order valence-electron chi connectivity index (χ4n) is 1.83. The highest BCUT2D eigenvalue weighted by Crippen LogP contribution is 2.34. The van der Waals surface area contributed by atoms with Crippen molar-refractivity contribution in [2.24, 2.45) is 0 Å². The van der Waals surface area contributed by atoms with Crippen molar-refractivity contribution >= 4 is 31.9 Å². The maximum absolute atomic E-state index is 14.1. The molecule has 0 saturated carbocycles. The van der Waals surface area contributed by atoms with Crippen molar-refractivity contribution in [3.8, 4) is 0 Å². The zero-order valence-corrected chi connectivity index (χ0v) is 12.8. The summed E-state index contributed by atoms with van der Waals surface area (Å²) in [7, 11) is 0. The molecule has 0 fully saturated rings. The monoisotopic (exact) mass is 372 g/mol. The Morgan fingerprint density at radius 1 is 1.11 bits per heavy atom. The van der Waals surface area contributed by atoms with Gasteiger partial charge in [0.2, 0.25) is 0 Å². The van der Waals surface area contributed by atoms with Gasteiger partial charge in [0.1, 0.15) is 11.4 Å². The molecule has 2 aromatic carbocycles. The molecule has 4 heteroatoms. The molecular weight excluding hydrogens is 363 g/mol. The van der Waals surface area contributed by atoms with Crippen LogP contribution in [0.2, 0.25) is 0 Å². The fraction of sp³-hybridized carbons (Fsp3) is 0.143. The van der Waals surface area contributed by atoms with Gasteiger partial charge in [-0.05, 0) is 46.6 Å². The smallest absolute Gasteiger partial charge is 0.143 e. The van der Waals surface area contributed by atoms with Crippen molar-refractivity contribution in [3.63, 3.8) is 0 Å². The minimum Gasteiger partial charge on any atom is -0.381 e. The topological polar surface area (TPSA) is 20.2 Å². The summed E-state index contributed by atoms with van der Waals surface area (Å²) in [6.45, 7) is 1.58. The Balaban J connectivity index is 2.57. The second-order valence-corrected chi connectivity index (χ2v) is 5.95. The van der Waals surface area contributed by atoms with E-state index in [0.29, 0.717) is 10.0 Å². The Morgan fingerprint density at radius 3 is 2.44 bits per heavy atom. The predicted molar refractivity (Wildman–Crippen MR) is 76.9 cm³/mol. The lowest BCUT2D eigenvalue weighted by molar-refractivity contribution is 0.0977. The van der Waals surface area contributed by atoms with E-state index in [4.69, 9.17) is 0 Å². The van der Waals surface area contributed by atoms with Crippen LogP contribution in [0.4, 0.5) is 4.39 Å². The van der Waals surface area contributed by atoms with Gasteiger partial charge in [0.05, 0.1) is 4.47 Å². The van der Waals surface area contributed by atoms with E-state index in [1.807, 2.05) is 12.1 Å². The maximum atomic E-state index is 14.1. The van der Waals surface area contributed by atoms with Crippen LogP contribution in [-0.2, 0) is 5.60 Å². The molecule has 94 valence electrons. The molecule has 0 aliphatic carbocycles. The van der Waals surface area contributed by atoms with Crippen LogP contribution in [0.3, 0.4) is 0 Å². The lowest BCUT2D eigenvalue weighted by Crippen LogP contribution is -2.24. The third-order valence-corrected chi connectivity index (χ3v) is 3.97. The molecule has 1 nitrogen and oxygen atoms in total. The number of hydrogen-bond donors (Lipinski definition) is 1. The SMILES string of the molecule is CC(O)(c1cccc(Br)c1)c1cccc(Br)c1F. The summed E-state index contributed by atoms with van der Waals surface area (Å²) in [6.07, 6.45) is 0. The van der Waals surface area contributed by atoms with Crippen molar-refractivity contribution in [1.82, 2.24) is 0 Å². The second-order valence-electron chi connectivity index (χ2n) is 4.18. The molecule has 0 aliphatic rings. The van der Waals surface area contributed by atoms with E-state index in [9.17, 15) is 9.50 Å². The summed E-state index contributed by atoms with van der Waals surface area (Å²) >= 11 is 6.48. The third-order valence-electron chi connectivity index (χ3n) is 2.86. The van der Waals surface area contributed by atoms with Gasteiger partial charge in [-0.2, -0.15) is 0 Å². The van der Waals surface area contributed by atoms with E-state index in [1.54, 1.807) is 37.3 Å². The van der Waals surface area contributed by atoms with Crippen LogP contribution in [-0.4, -0.2) is 5.11 Å². The molecule has 2 rings (SSSR count). The first kappa shape index (κ1) is 13.7. The standard InChI is InChI=1S/C14H11Br2FO/c1-14(18,9-4-2-5-10(15)8-9)11-6-3-7-12(16)13(11)17/h2-8,18H,1H3. The highest BCUT2D eigenvalue weighted by atomic mass is 79.9. The van der Waals surface area contributed by atoms with Gasteiger partial charge in [0, 0.05) is 10.0 Å². The summed E-state index contributed by atoms with van der Waals surface area (Å²) in [5, 5.41) is 10.6. The minimum atomic E-state index is -1.38. The van der Waals surface area contributed by atoms with E-state index in [2.05, 4.69) is 31.9 Å². The molecule has 0 bridgehead atoms. The average molecular weight is 374 g/mol. The molecule has 0 heterocycles. The van der Waals surface area contributed by atoms with Crippen molar-refractivity contribution in [2.75, 3.05) is 0 Å². The summed E-state index contributed by atoms with van der Waals surface area (Å²) < 4.78 is 15.3. The van der Waals surface area contributed by atoms with E-state index < -0.39 is 11.4 Å². The van der Waals surface area contributed by atoms with Gasteiger partial charge < -0.3 is 5.11 Å². The molecule has 0 amide bonds. The van der Waals surface area contributed by atoms with Crippen molar-refractivity contribution in [3.05, 3.63) is 68.4 Å². The molecule has 0 radical (unpaired) electrons. The minimum absolute atomic E-state index is 0.245. The summed E-state index contributed by atoms with van der Waals surface area (Å²) in [5.41, 5.74) is -0.499. The Morgan fingerprint density at radius 2 is 1.78 bits per heavy atom. The van der Waals surface area contributed by atoms with Gasteiger partial charge in [-0.15, -0.1) is 0 Å². The van der Waals surface area contributed by atoms with Gasteiger partial charge in [-0.25, -0.2) is 4.39 Å². The Kier molecular flexibility index (Phi) is 3.90. The Bertz CT molecular complexity index is 582. The average Bonchev–Trinajstić information content (AvgIpc) is 2.32. The Hall–Kier alpha value is -0.710. The lowest BCUT2D eigenvalue weighted by Gasteiger charge is -2.25.